The van der Waals surface area contributed by atoms with Gasteiger partial charge in [0, 0.05) is 19.7 Å². The third kappa shape index (κ3) is 3.14. The van der Waals surface area contributed by atoms with E-state index in [2.05, 4.69) is 6.58 Å². The third-order valence-electron chi connectivity index (χ3n) is 2.87. The molecule has 0 spiro atoms. The summed E-state index contributed by atoms with van der Waals surface area (Å²) < 4.78 is 0. The Morgan fingerprint density at radius 1 is 1.50 bits per heavy atom. The second-order valence-electron chi connectivity index (χ2n) is 3.84. The average Bonchev–Trinajstić information content (AvgIpc) is 2.26. The van der Waals surface area contributed by atoms with Crippen molar-refractivity contribution in [3.05, 3.63) is 12.7 Å². The summed E-state index contributed by atoms with van der Waals surface area (Å²) in [4.78, 5) is 13.1. The standard InChI is InChI=1S/C11H19NO2/c1-2-11(14)12-7-5-10(6-8-12)4-3-9-13/h2,10,13H,1,3-9H2. The Morgan fingerprint density at radius 3 is 2.64 bits per heavy atom. The number of likely N-dealkylation sites (tertiary alicyclic amines) is 1. The van der Waals surface area contributed by atoms with Crippen LogP contribution >= 0.6 is 0 Å². The zero-order valence-corrected chi connectivity index (χ0v) is 8.61. The normalized spacial score (nSPS) is 18.2. The van der Waals surface area contributed by atoms with Gasteiger partial charge in [-0.3, -0.25) is 4.79 Å². The van der Waals surface area contributed by atoms with Gasteiger partial charge in [0.15, 0.2) is 0 Å². The van der Waals surface area contributed by atoms with Crippen molar-refractivity contribution < 1.29 is 9.90 Å². The van der Waals surface area contributed by atoms with E-state index < -0.39 is 0 Å². The van der Waals surface area contributed by atoms with E-state index in [9.17, 15) is 4.79 Å². The molecule has 1 saturated heterocycles. The molecule has 0 bridgehead atoms. The molecule has 1 amide bonds. The zero-order chi connectivity index (χ0) is 10.4. The summed E-state index contributed by atoms with van der Waals surface area (Å²) in [6, 6.07) is 0. The van der Waals surface area contributed by atoms with Gasteiger partial charge in [-0.2, -0.15) is 0 Å². The molecule has 0 unspecified atom stereocenters. The quantitative estimate of drug-likeness (QED) is 0.688. The molecule has 0 atom stereocenters. The van der Waals surface area contributed by atoms with Crippen molar-refractivity contribution in [3.63, 3.8) is 0 Å². The fourth-order valence-electron chi connectivity index (χ4n) is 1.95. The van der Waals surface area contributed by atoms with Crippen LogP contribution in [0.1, 0.15) is 25.7 Å². The van der Waals surface area contributed by atoms with Gasteiger partial charge in [-0.05, 0) is 37.7 Å². The summed E-state index contributed by atoms with van der Waals surface area (Å²) in [5, 5.41) is 8.70. The highest BCUT2D eigenvalue weighted by atomic mass is 16.2. The predicted molar refractivity (Wildman–Crippen MR) is 55.8 cm³/mol. The van der Waals surface area contributed by atoms with Crippen LogP contribution in [0.4, 0.5) is 0 Å². The average molecular weight is 197 g/mol. The van der Waals surface area contributed by atoms with E-state index in [0.29, 0.717) is 5.92 Å². The van der Waals surface area contributed by atoms with Gasteiger partial charge in [-0.15, -0.1) is 0 Å². The summed E-state index contributed by atoms with van der Waals surface area (Å²) in [6.07, 6.45) is 5.50. The first-order chi connectivity index (χ1) is 6.77. The first-order valence-corrected chi connectivity index (χ1v) is 5.30. The molecule has 3 nitrogen and oxygen atoms in total. The number of hydrogen-bond acceptors (Lipinski definition) is 2. The van der Waals surface area contributed by atoms with Crippen LogP contribution in [0.5, 0.6) is 0 Å². The maximum Gasteiger partial charge on any atom is 0.245 e. The van der Waals surface area contributed by atoms with Crippen molar-refractivity contribution in [1.29, 1.82) is 0 Å². The lowest BCUT2D eigenvalue weighted by Gasteiger charge is -2.31. The number of nitrogens with zero attached hydrogens (tertiary/aromatic N) is 1. The monoisotopic (exact) mass is 197 g/mol. The Kier molecular flexibility index (Phi) is 4.66. The maximum absolute atomic E-state index is 11.3. The third-order valence-corrected chi connectivity index (χ3v) is 2.87. The number of aliphatic hydroxyl groups is 1. The fourth-order valence-corrected chi connectivity index (χ4v) is 1.95. The molecule has 1 N–H and O–H groups in total. The van der Waals surface area contributed by atoms with Crippen LogP contribution in [0.15, 0.2) is 12.7 Å². The Balaban J connectivity index is 2.24. The van der Waals surface area contributed by atoms with E-state index in [1.54, 1.807) is 0 Å². The summed E-state index contributed by atoms with van der Waals surface area (Å²) >= 11 is 0. The van der Waals surface area contributed by atoms with E-state index in [1.165, 1.54) is 6.08 Å². The van der Waals surface area contributed by atoms with Gasteiger partial charge >= 0.3 is 0 Å². The van der Waals surface area contributed by atoms with E-state index in [1.807, 2.05) is 4.90 Å². The largest absolute Gasteiger partial charge is 0.396 e. The minimum Gasteiger partial charge on any atom is -0.396 e. The second kappa shape index (κ2) is 5.81. The number of carbonyl (C=O) groups is 1. The van der Waals surface area contributed by atoms with Gasteiger partial charge in [-0.25, -0.2) is 0 Å². The minimum absolute atomic E-state index is 0.0469. The van der Waals surface area contributed by atoms with E-state index >= 15 is 0 Å². The van der Waals surface area contributed by atoms with Crippen LogP contribution < -0.4 is 0 Å². The van der Waals surface area contributed by atoms with Crippen LogP contribution in [0.2, 0.25) is 0 Å². The number of aliphatic hydroxyl groups excluding tert-OH is 1. The van der Waals surface area contributed by atoms with Crippen LogP contribution in [0.3, 0.4) is 0 Å². The van der Waals surface area contributed by atoms with Gasteiger partial charge in [0.25, 0.3) is 0 Å². The lowest BCUT2D eigenvalue weighted by Crippen LogP contribution is -2.37. The highest BCUT2D eigenvalue weighted by Gasteiger charge is 2.20. The Morgan fingerprint density at radius 2 is 2.14 bits per heavy atom. The second-order valence-corrected chi connectivity index (χ2v) is 3.84. The molecule has 1 aliphatic rings. The Bertz CT molecular complexity index is 195. The van der Waals surface area contributed by atoms with E-state index in [4.69, 9.17) is 5.11 Å². The molecule has 0 radical (unpaired) electrons. The number of hydrogen-bond donors (Lipinski definition) is 1. The van der Waals surface area contributed by atoms with Crippen molar-refractivity contribution >= 4 is 5.91 Å². The molecule has 1 fully saturated rings. The van der Waals surface area contributed by atoms with Gasteiger partial charge in [-0.1, -0.05) is 6.58 Å². The zero-order valence-electron chi connectivity index (χ0n) is 8.61. The molecule has 1 heterocycles. The summed E-state index contributed by atoms with van der Waals surface area (Å²) in [7, 11) is 0. The lowest BCUT2D eigenvalue weighted by atomic mass is 9.92. The Labute approximate surface area is 85.4 Å². The molecule has 0 aromatic rings. The SMILES string of the molecule is C=CC(=O)N1CCC(CCCO)CC1. The highest BCUT2D eigenvalue weighted by Crippen LogP contribution is 2.21. The maximum atomic E-state index is 11.3. The number of piperidine rings is 1. The van der Waals surface area contributed by atoms with E-state index in [0.717, 1.165) is 38.8 Å². The molecule has 14 heavy (non-hydrogen) atoms. The van der Waals surface area contributed by atoms with Crippen LogP contribution in [0, 0.1) is 5.92 Å². The first kappa shape index (κ1) is 11.2. The molecule has 0 aromatic carbocycles. The Hall–Kier alpha value is -0.830. The molecule has 80 valence electrons. The summed E-state index contributed by atoms with van der Waals surface area (Å²) in [6.45, 7) is 5.46. The highest BCUT2D eigenvalue weighted by molar-refractivity contribution is 5.87. The fraction of sp³-hybridized carbons (Fsp3) is 0.727. The minimum atomic E-state index is 0.0469. The molecule has 1 aliphatic heterocycles. The lowest BCUT2D eigenvalue weighted by molar-refractivity contribution is -0.127. The molecule has 0 saturated carbocycles. The molecule has 3 heteroatoms. The molecular formula is C11H19NO2. The first-order valence-electron chi connectivity index (χ1n) is 5.30. The smallest absolute Gasteiger partial charge is 0.245 e. The molecule has 0 aromatic heterocycles. The molecular weight excluding hydrogens is 178 g/mol. The van der Waals surface area contributed by atoms with Gasteiger partial charge in [0.1, 0.15) is 0 Å². The van der Waals surface area contributed by atoms with Gasteiger partial charge in [0.05, 0.1) is 0 Å². The van der Waals surface area contributed by atoms with Crippen molar-refractivity contribution in [3.8, 4) is 0 Å². The van der Waals surface area contributed by atoms with Crippen molar-refractivity contribution in [1.82, 2.24) is 4.90 Å². The van der Waals surface area contributed by atoms with Crippen molar-refractivity contribution in [2.24, 2.45) is 5.92 Å². The topological polar surface area (TPSA) is 40.5 Å². The molecule has 1 rings (SSSR count). The number of amides is 1. The predicted octanol–water partition coefficient (Wildman–Crippen LogP) is 1.18. The van der Waals surface area contributed by atoms with Crippen LogP contribution in [0.25, 0.3) is 0 Å². The van der Waals surface area contributed by atoms with Gasteiger partial charge in [0.2, 0.25) is 5.91 Å². The number of rotatable bonds is 4. The summed E-state index contributed by atoms with van der Waals surface area (Å²) in [5.41, 5.74) is 0. The number of carbonyl (C=O) groups excluding carboxylic acids is 1. The van der Waals surface area contributed by atoms with E-state index in [-0.39, 0.29) is 12.5 Å². The van der Waals surface area contributed by atoms with Crippen molar-refractivity contribution in [2.45, 2.75) is 25.7 Å². The van der Waals surface area contributed by atoms with Crippen LogP contribution in [-0.4, -0.2) is 35.6 Å². The van der Waals surface area contributed by atoms with Gasteiger partial charge < -0.3 is 10.0 Å². The summed E-state index contributed by atoms with van der Waals surface area (Å²) in [5.74, 6) is 0.738. The van der Waals surface area contributed by atoms with Crippen LogP contribution in [-0.2, 0) is 4.79 Å². The molecule has 0 aliphatic carbocycles. The van der Waals surface area contributed by atoms with Crippen molar-refractivity contribution in [2.75, 3.05) is 19.7 Å².